The fourth-order valence-corrected chi connectivity index (χ4v) is 3.83. The van der Waals surface area contributed by atoms with Gasteiger partial charge in [-0.25, -0.2) is 14.8 Å². The molecule has 0 spiro atoms. The lowest BCUT2D eigenvalue weighted by Crippen LogP contribution is -2.50. The minimum absolute atomic E-state index is 0.167. The topological polar surface area (TPSA) is 103 Å². The van der Waals surface area contributed by atoms with Crippen LogP contribution in [0.2, 0.25) is 0 Å². The molecule has 3 heterocycles. The number of morpholine rings is 1. The summed E-state index contributed by atoms with van der Waals surface area (Å²) in [6.07, 6.45) is 1.88. The maximum absolute atomic E-state index is 12.0. The second kappa shape index (κ2) is 8.78. The van der Waals surface area contributed by atoms with Crippen LogP contribution in [0.3, 0.4) is 0 Å². The standard InChI is InChI=1S/C22H28N6O3/c29-19-13-27(14-19)12-18-11-20(28-7-9-31-10-8-28)26-21(23-18)15-1-3-16(4-2-15)24-22(30)25-17-5-6-17/h1-4,11,17,19,29H,5-10,12-14H2,(H2,24,25,30). The molecule has 0 radical (unpaired) electrons. The van der Waals surface area contributed by atoms with Crippen LogP contribution in [0.25, 0.3) is 11.4 Å². The van der Waals surface area contributed by atoms with E-state index in [0.29, 0.717) is 44.7 Å². The molecule has 3 fully saturated rings. The van der Waals surface area contributed by atoms with Crippen molar-refractivity contribution in [2.24, 2.45) is 0 Å². The summed E-state index contributed by atoms with van der Waals surface area (Å²) in [5, 5.41) is 15.4. The average molecular weight is 425 g/mol. The van der Waals surface area contributed by atoms with Crippen molar-refractivity contribution < 1.29 is 14.6 Å². The van der Waals surface area contributed by atoms with E-state index < -0.39 is 0 Å². The molecule has 0 bridgehead atoms. The Morgan fingerprint density at radius 3 is 2.55 bits per heavy atom. The summed E-state index contributed by atoms with van der Waals surface area (Å²) >= 11 is 0. The van der Waals surface area contributed by atoms with Crippen LogP contribution in [0.4, 0.5) is 16.3 Å². The molecule has 2 saturated heterocycles. The molecule has 5 rings (SSSR count). The Kier molecular flexibility index (Phi) is 5.71. The first kappa shape index (κ1) is 20.2. The monoisotopic (exact) mass is 424 g/mol. The number of carbonyl (C=O) groups excluding carboxylic acids is 1. The van der Waals surface area contributed by atoms with Crippen molar-refractivity contribution in [3.05, 3.63) is 36.0 Å². The fraction of sp³-hybridized carbons (Fsp3) is 0.500. The molecule has 9 nitrogen and oxygen atoms in total. The second-order valence-electron chi connectivity index (χ2n) is 8.44. The molecule has 31 heavy (non-hydrogen) atoms. The highest BCUT2D eigenvalue weighted by Gasteiger charge is 2.26. The van der Waals surface area contributed by atoms with Gasteiger partial charge in [0.25, 0.3) is 0 Å². The van der Waals surface area contributed by atoms with E-state index in [1.165, 1.54) is 0 Å². The number of anilines is 2. The normalized spacial score (nSPS) is 19.7. The van der Waals surface area contributed by atoms with Crippen LogP contribution in [0.1, 0.15) is 18.5 Å². The minimum Gasteiger partial charge on any atom is -0.390 e. The van der Waals surface area contributed by atoms with Gasteiger partial charge in [0, 0.05) is 56.1 Å². The number of hydrogen-bond acceptors (Lipinski definition) is 7. The molecule has 2 amide bonds. The van der Waals surface area contributed by atoms with Crippen LogP contribution >= 0.6 is 0 Å². The number of likely N-dealkylation sites (tertiary alicyclic amines) is 1. The van der Waals surface area contributed by atoms with Crippen LogP contribution in [0, 0.1) is 0 Å². The molecular weight excluding hydrogens is 396 g/mol. The Morgan fingerprint density at radius 2 is 1.87 bits per heavy atom. The van der Waals surface area contributed by atoms with E-state index >= 15 is 0 Å². The molecule has 2 aliphatic heterocycles. The van der Waals surface area contributed by atoms with Crippen LogP contribution in [-0.4, -0.2) is 77.5 Å². The van der Waals surface area contributed by atoms with Crippen molar-refractivity contribution in [1.82, 2.24) is 20.2 Å². The molecule has 1 aliphatic carbocycles. The lowest BCUT2D eigenvalue weighted by molar-refractivity contribution is -0.00353. The van der Waals surface area contributed by atoms with Crippen molar-refractivity contribution in [3.8, 4) is 11.4 Å². The van der Waals surface area contributed by atoms with E-state index in [0.717, 1.165) is 48.7 Å². The number of ether oxygens (including phenoxy) is 1. The van der Waals surface area contributed by atoms with Crippen molar-refractivity contribution in [2.45, 2.75) is 31.5 Å². The Labute approximate surface area is 181 Å². The third-order valence-electron chi connectivity index (χ3n) is 5.74. The number of urea groups is 1. The van der Waals surface area contributed by atoms with Crippen LogP contribution in [0.15, 0.2) is 30.3 Å². The largest absolute Gasteiger partial charge is 0.390 e. The molecule has 0 atom stereocenters. The summed E-state index contributed by atoms with van der Waals surface area (Å²) in [5.74, 6) is 1.56. The van der Waals surface area contributed by atoms with Crippen molar-refractivity contribution in [3.63, 3.8) is 0 Å². The predicted octanol–water partition coefficient (Wildman–Crippen LogP) is 1.44. The first-order valence-electron chi connectivity index (χ1n) is 10.9. The number of rotatable bonds is 6. The summed E-state index contributed by atoms with van der Waals surface area (Å²) in [5.41, 5.74) is 2.57. The molecule has 0 unspecified atom stereocenters. The van der Waals surface area contributed by atoms with Crippen LogP contribution in [-0.2, 0) is 11.3 Å². The smallest absolute Gasteiger partial charge is 0.319 e. The lowest BCUT2D eigenvalue weighted by atomic mass is 10.1. The van der Waals surface area contributed by atoms with Gasteiger partial charge in [-0.2, -0.15) is 0 Å². The van der Waals surface area contributed by atoms with E-state index in [9.17, 15) is 9.90 Å². The van der Waals surface area contributed by atoms with Crippen LogP contribution < -0.4 is 15.5 Å². The third-order valence-corrected chi connectivity index (χ3v) is 5.74. The first-order chi connectivity index (χ1) is 15.1. The van der Waals surface area contributed by atoms with E-state index in [2.05, 4.69) is 20.4 Å². The highest BCUT2D eigenvalue weighted by Crippen LogP contribution is 2.24. The number of aliphatic hydroxyl groups is 1. The zero-order valence-corrected chi connectivity index (χ0v) is 17.5. The van der Waals surface area contributed by atoms with Gasteiger partial charge in [0.1, 0.15) is 5.82 Å². The predicted molar refractivity (Wildman–Crippen MR) is 117 cm³/mol. The van der Waals surface area contributed by atoms with Gasteiger partial charge in [0.05, 0.1) is 25.0 Å². The fourth-order valence-electron chi connectivity index (χ4n) is 3.83. The average Bonchev–Trinajstić information content (AvgIpc) is 3.57. The van der Waals surface area contributed by atoms with Crippen LogP contribution in [0.5, 0.6) is 0 Å². The summed E-state index contributed by atoms with van der Waals surface area (Å²) in [6, 6.07) is 9.81. The highest BCUT2D eigenvalue weighted by molar-refractivity contribution is 5.89. The minimum atomic E-state index is -0.239. The lowest BCUT2D eigenvalue weighted by Gasteiger charge is -2.35. The number of nitrogens with zero attached hydrogens (tertiary/aromatic N) is 4. The highest BCUT2D eigenvalue weighted by atomic mass is 16.5. The molecular formula is C22H28N6O3. The van der Waals surface area contributed by atoms with E-state index in [1.54, 1.807) is 0 Å². The van der Waals surface area contributed by atoms with Crippen molar-refractivity contribution in [2.75, 3.05) is 49.6 Å². The van der Waals surface area contributed by atoms with Gasteiger partial charge in [0.15, 0.2) is 5.82 Å². The number of aliphatic hydroxyl groups excluding tert-OH is 1. The molecule has 164 valence electrons. The summed E-state index contributed by atoms with van der Waals surface area (Å²) in [6.45, 7) is 5.02. The molecule has 1 aromatic heterocycles. The number of benzene rings is 1. The number of amides is 2. The molecule has 2 aromatic rings. The molecule has 1 aromatic carbocycles. The Hall–Kier alpha value is -2.75. The second-order valence-corrected chi connectivity index (χ2v) is 8.44. The van der Waals surface area contributed by atoms with E-state index in [4.69, 9.17) is 14.7 Å². The molecule has 1 saturated carbocycles. The molecule has 3 N–H and O–H groups in total. The zero-order chi connectivity index (χ0) is 21.2. The number of β-amino-alcohol motifs (C(OH)–C–C–N with tert-alkyl or cyclic N) is 1. The van der Waals surface area contributed by atoms with Crippen molar-refractivity contribution in [1.29, 1.82) is 0 Å². The molecule has 9 heteroatoms. The zero-order valence-electron chi connectivity index (χ0n) is 17.5. The van der Waals surface area contributed by atoms with Crippen molar-refractivity contribution >= 4 is 17.5 Å². The van der Waals surface area contributed by atoms with Gasteiger partial charge in [-0.1, -0.05) is 0 Å². The maximum atomic E-state index is 12.0. The number of nitrogens with one attached hydrogen (secondary N) is 2. The van der Waals surface area contributed by atoms with Gasteiger partial charge >= 0.3 is 6.03 Å². The SMILES string of the molecule is O=C(Nc1ccc(-c2nc(CN3CC(O)C3)cc(N3CCOCC3)n2)cc1)NC1CC1. The van der Waals surface area contributed by atoms with Gasteiger partial charge in [-0.05, 0) is 37.1 Å². The Balaban J connectivity index is 1.35. The Morgan fingerprint density at radius 1 is 1.13 bits per heavy atom. The van der Waals surface area contributed by atoms with Gasteiger partial charge < -0.3 is 25.4 Å². The summed E-state index contributed by atoms with van der Waals surface area (Å²) < 4.78 is 5.48. The van der Waals surface area contributed by atoms with Gasteiger partial charge in [-0.3, -0.25) is 4.90 Å². The number of aromatic nitrogens is 2. The summed E-state index contributed by atoms with van der Waals surface area (Å²) in [4.78, 5) is 26.0. The van der Waals surface area contributed by atoms with Gasteiger partial charge in [-0.15, -0.1) is 0 Å². The van der Waals surface area contributed by atoms with E-state index in [-0.39, 0.29) is 12.1 Å². The summed E-state index contributed by atoms with van der Waals surface area (Å²) in [7, 11) is 0. The quantitative estimate of drug-likeness (QED) is 0.645. The third kappa shape index (κ3) is 5.12. The van der Waals surface area contributed by atoms with E-state index in [1.807, 2.05) is 30.3 Å². The number of carbonyl (C=O) groups is 1. The number of hydrogen-bond donors (Lipinski definition) is 3. The maximum Gasteiger partial charge on any atom is 0.319 e. The first-order valence-corrected chi connectivity index (χ1v) is 10.9. The molecule has 3 aliphatic rings. The Bertz CT molecular complexity index is 921. The van der Waals surface area contributed by atoms with Gasteiger partial charge in [0.2, 0.25) is 0 Å².